The lowest BCUT2D eigenvalue weighted by molar-refractivity contribution is -0.111. The van der Waals surface area contributed by atoms with Gasteiger partial charge in [-0.2, -0.15) is 0 Å². The van der Waals surface area contributed by atoms with Crippen LogP contribution in [-0.4, -0.2) is 43.4 Å². The highest BCUT2D eigenvalue weighted by molar-refractivity contribution is 6.10. The van der Waals surface area contributed by atoms with Crippen LogP contribution in [0.25, 0.3) is 11.6 Å². The molecule has 144 valence electrons. The first-order chi connectivity index (χ1) is 13.7. The number of allylic oxidation sites excluding steroid dienone is 1. The van der Waals surface area contributed by atoms with Crippen molar-refractivity contribution in [2.45, 2.75) is 0 Å². The standard InChI is InChI=1S/C21H23N5O2/c22-13-17(14-23)20-6-7-24-15-16(20)4-5-21(27)25-18-2-1-3-19(12-18)26-8-10-28-11-9-26/h1-7,12-15,22H,8-11,23H2,(H,25,27)/b5-4+,17-14?,22-13?. The van der Waals surface area contributed by atoms with Crippen molar-refractivity contribution in [3.63, 3.8) is 0 Å². The number of ether oxygens (including phenoxy) is 1. The fourth-order valence-electron chi connectivity index (χ4n) is 2.97. The molecule has 28 heavy (non-hydrogen) atoms. The van der Waals surface area contributed by atoms with Crippen LogP contribution in [0.1, 0.15) is 11.1 Å². The van der Waals surface area contributed by atoms with Gasteiger partial charge in [0.25, 0.3) is 0 Å². The summed E-state index contributed by atoms with van der Waals surface area (Å²) in [6, 6.07) is 9.52. The summed E-state index contributed by atoms with van der Waals surface area (Å²) >= 11 is 0. The number of pyridine rings is 1. The minimum atomic E-state index is -0.248. The molecule has 0 atom stereocenters. The van der Waals surface area contributed by atoms with Gasteiger partial charge in [-0.1, -0.05) is 6.07 Å². The molecule has 0 saturated carbocycles. The predicted octanol–water partition coefficient (Wildman–Crippen LogP) is 2.52. The van der Waals surface area contributed by atoms with Crippen LogP contribution in [0.5, 0.6) is 0 Å². The third kappa shape index (κ3) is 4.83. The molecule has 4 N–H and O–H groups in total. The molecule has 1 aliphatic rings. The number of nitrogens with one attached hydrogen (secondary N) is 2. The van der Waals surface area contributed by atoms with Crippen LogP contribution in [0.15, 0.2) is 55.0 Å². The first kappa shape index (κ1) is 19.3. The van der Waals surface area contributed by atoms with Gasteiger partial charge >= 0.3 is 0 Å². The lowest BCUT2D eigenvalue weighted by Crippen LogP contribution is -2.36. The molecule has 1 amide bonds. The molecule has 1 fully saturated rings. The zero-order valence-corrected chi connectivity index (χ0v) is 15.5. The van der Waals surface area contributed by atoms with E-state index >= 15 is 0 Å². The van der Waals surface area contributed by atoms with Gasteiger partial charge in [0.05, 0.1) is 13.2 Å². The molecule has 1 saturated heterocycles. The average Bonchev–Trinajstić information content (AvgIpc) is 2.75. The Morgan fingerprint density at radius 2 is 2.11 bits per heavy atom. The van der Waals surface area contributed by atoms with Crippen LogP contribution in [-0.2, 0) is 9.53 Å². The van der Waals surface area contributed by atoms with Crippen molar-refractivity contribution < 1.29 is 9.53 Å². The number of rotatable bonds is 6. The van der Waals surface area contributed by atoms with Gasteiger partial charge in [0.2, 0.25) is 5.91 Å². The van der Waals surface area contributed by atoms with Crippen molar-refractivity contribution in [2.75, 3.05) is 36.5 Å². The molecular weight excluding hydrogens is 354 g/mol. The molecule has 2 aromatic rings. The molecule has 3 rings (SSSR count). The monoisotopic (exact) mass is 377 g/mol. The summed E-state index contributed by atoms with van der Waals surface area (Å²) in [5.74, 6) is -0.248. The van der Waals surface area contributed by atoms with Crippen molar-refractivity contribution in [3.8, 4) is 0 Å². The Morgan fingerprint density at radius 1 is 1.29 bits per heavy atom. The highest BCUT2D eigenvalue weighted by atomic mass is 16.5. The lowest BCUT2D eigenvalue weighted by Gasteiger charge is -2.29. The molecule has 1 aromatic heterocycles. The number of amides is 1. The van der Waals surface area contributed by atoms with E-state index in [1.54, 1.807) is 24.5 Å². The van der Waals surface area contributed by atoms with E-state index in [4.69, 9.17) is 15.9 Å². The maximum Gasteiger partial charge on any atom is 0.248 e. The number of nitrogens with two attached hydrogens (primary N) is 1. The zero-order chi connectivity index (χ0) is 19.8. The van der Waals surface area contributed by atoms with Gasteiger partial charge in [-0.05, 0) is 35.9 Å². The summed E-state index contributed by atoms with van der Waals surface area (Å²) in [6.07, 6.45) is 8.89. The van der Waals surface area contributed by atoms with Crippen molar-refractivity contribution >= 4 is 35.1 Å². The molecule has 0 bridgehead atoms. The third-order valence-corrected chi connectivity index (χ3v) is 4.40. The van der Waals surface area contributed by atoms with E-state index in [1.165, 1.54) is 18.5 Å². The topological polar surface area (TPSA) is 104 Å². The number of morpholine rings is 1. The van der Waals surface area contributed by atoms with E-state index in [2.05, 4.69) is 15.2 Å². The number of carbonyl (C=O) groups excluding carboxylic acids is 1. The van der Waals surface area contributed by atoms with Crippen LogP contribution >= 0.6 is 0 Å². The Labute approximate surface area is 164 Å². The molecule has 1 aliphatic heterocycles. The second kappa shape index (κ2) is 9.48. The fourth-order valence-corrected chi connectivity index (χ4v) is 2.97. The largest absolute Gasteiger partial charge is 0.404 e. The Kier molecular flexibility index (Phi) is 6.54. The minimum Gasteiger partial charge on any atom is -0.404 e. The second-order valence-electron chi connectivity index (χ2n) is 6.20. The van der Waals surface area contributed by atoms with Gasteiger partial charge in [0.15, 0.2) is 0 Å². The van der Waals surface area contributed by atoms with E-state index < -0.39 is 0 Å². The van der Waals surface area contributed by atoms with Gasteiger partial charge in [-0.3, -0.25) is 9.78 Å². The molecule has 7 nitrogen and oxygen atoms in total. The Morgan fingerprint density at radius 3 is 2.86 bits per heavy atom. The van der Waals surface area contributed by atoms with E-state index in [1.807, 2.05) is 24.3 Å². The number of hydrogen-bond acceptors (Lipinski definition) is 6. The molecule has 7 heteroatoms. The highest BCUT2D eigenvalue weighted by Gasteiger charge is 2.11. The van der Waals surface area contributed by atoms with Crippen LogP contribution in [0.2, 0.25) is 0 Å². The summed E-state index contributed by atoms with van der Waals surface area (Å²) in [5.41, 5.74) is 9.36. The predicted molar refractivity (Wildman–Crippen MR) is 112 cm³/mol. The Balaban J connectivity index is 1.70. The highest BCUT2D eigenvalue weighted by Crippen LogP contribution is 2.21. The number of carbonyl (C=O) groups is 1. The molecule has 0 aliphatic carbocycles. The van der Waals surface area contributed by atoms with Gasteiger partial charge in [0, 0.05) is 66.5 Å². The van der Waals surface area contributed by atoms with Gasteiger partial charge < -0.3 is 26.1 Å². The van der Waals surface area contributed by atoms with E-state index in [9.17, 15) is 4.79 Å². The van der Waals surface area contributed by atoms with Gasteiger partial charge in [0.1, 0.15) is 0 Å². The van der Waals surface area contributed by atoms with E-state index in [0.717, 1.165) is 30.0 Å². The summed E-state index contributed by atoms with van der Waals surface area (Å²) in [4.78, 5) is 18.7. The smallest absolute Gasteiger partial charge is 0.248 e. The SMILES string of the molecule is N=CC(=CN)c1ccncc1/C=C/C(=O)Nc1cccc(N2CCOCC2)c1. The Hall–Kier alpha value is -3.45. The normalized spacial score (nSPS) is 14.9. The molecule has 1 aromatic carbocycles. The first-order valence-corrected chi connectivity index (χ1v) is 9.00. The van der Waals surface area contributed by atoms with Crippen molar-refractivity contribution in [2.24, 2.45) is 5.73 Å². The third-order valence-electron chi connectivity index (χ3n) is 4.40. The zero-order valence-electron chi connectivity index (χ0n) is 15.5. The molecule has 0 radical (unpaired) electrons. The van der Waals surface area contributed by atoms with Crippen LogP contribution in [0.3, 0.4) is 0 Å². The number of aromatic nitrogens is 1. The lowest BCUT2D eigenvalue weighted by atomic mass is 10.0. The first-order valence-electron chi connectivity index (χ1n) is 9.00. The molecule has 2 heterocycles. The number of hydrogen-bond donors (Lipinski definition) is 3. The average molecular weight is 377 g/mol. The van der Waals surface area contributed by atoms with Crippen LogP contribution in [0, 0.1) is 5.41 Å². The van der Waals surface area contributed by atoms with E-state index in [-0.39, 0.29) is 5.91 Å². The maximum atomic E-state index is 12.4. The van der Waals surface area contributed by atoms with Crippen molar-refractivity contribution in [3.05, 3.63) is 66.1 Å². The van der Waals surface area contributed by atoms with Gasteiger partial charge in [-0.15, -0.1) is 0 Å². The summed E-state index contributed by atoms with van der Waals surface area (Å²) in [5, 5.41) is 10.3. The maximum absolute atomic E-state index is 12.4. The van der Waals surface area contributed by atoms with Crippen LogP contribution < -0.4 is 16.0 Å². The molecule has 0 unspecified atom stereocenters. The number of nitrogens with zero attached hydrogens (tertiary/aromatic N) is 2. The number of benzene rings is 1. The van der Waals surface area contributed by atoms with Crippen molar-refractivity contribution in [1.29, 1.82) is 5.41 Å². The number of anilines is 2. The van der Waals surface area contributed by atoms with Gasteiger partial charge in [-0.25, -0.2) is 0 Å². The quantitative estimate of drug-likeness (QED) is 0.530. The minimum absolute atomic E-state index is 0.248. The van der Waals surface area contributed by atoms with E-state index in [0.29, 0.717) is 24.4 Å². The van der Waals surface area contributed by atoms with Crippen molar-refractivity contribution in [1.82, 2.24) is 4.98 Å². The molecular formula is C21H23N5O2. The summed E-state index contributed by atoms with van der Waals surface area (Å²) < 4.78 is 5.38. The summed E-state index contributed by atoms with van der Waals surface area (Å²) in [6.45, 7) is 3.10. The Bertz CT molecular complexity index is 901. The second-order valence-corrected chi connectivity index (χ2v) is 6.20. The molecule has 0 spiro atoms. The fraction of sp³-hybridized carbons (Fsp3) is 0.190. The van der Waals surface area contributed by atoms with Crippen LogP contribution in [0.4, 0.5) is 11.4 Å². The summed E-state index contributed by atoms with van der Waals surface area (Å²) in [7, 11) is 0.